The summed E-state index contributed by atoms with van der Waals surface area (Å²) in [6.45, 7) is 2.56. The number of β-amino-alcohol motifs (C(OH)–C–C–N with tert-alkyl or cyclic N) is 1. The van der Waals surface area contributed by atoms with Crippen molar-refractivity contribution in [1.29, 1.82) is 0 Å². The van der Waals surface area contributed by atoms with Crippen molar-refractivity contribution in [3.05, 3.63) is 54.6 Å². The van der Waals surface area contributed by atoms with Crippen LogP contribution in [0, 0.1) is 0 Å². The van der Waals surface area contributed by atoms with Gasteiger partial charge in [-0.2, -0.15) is 0 Å². The molecule has 148 valence electrons. The van der Waals surface area contributed by atoms with Crippen LogP contribution >= 0.6 is 0 Å². The molecule has 3 heterocycles. The Hall–Kier alpha value is -3.09. The number of hydrogen-bond donors (Lipinski definition) is 3. The van der Waals surface area contributed by atoms with E-state index in [2.05, 4.69) is 9.88 Å². The largest absolute Gasteiger partial charge is 0.494 e. The van der Waals surface area contributed by atoms with Gasteiger partial charge in [0.05, 0.1) is 23.3 Å². The Kier molecular flexibility index (Phi) is 4.58. The van der Waals surface area contributed by atoms with Gasteiger partial charge in [0.1, 0.15) is 5.75 Å². The number of H-pyrrole nitrogens is 1. The molecule has 6 nitrogen and oxygen atoms in total. The van der Waals surface area contributed by atoms with E-state index in [9.17, 15) is 10.2 Å². The van der Waals surface area contributed by atoms with Crippen LogP contribution in [0.1, 0.15) is 12.8 Å². The normalized spacial score (nSPS) is 15.9. The first kappa shape index (κ1) is 18.0. The van der Waals surface area contributed by atoms with E-state index in [0.717, 1.165) is 34.9 Å². The fourth-order valence-corrected chi connectivity index (χ4v) is 4.08. The highest BCUT2D eigenvalue weighted by Crippen LogP contribution is 2.36. The van der Waals surface area contributed by atoms with Crippen LogP contribution in [0.5, 0.6) is 11.6 Å². The molecule has 1 saturated heterocycles. The van der Waals surface area contributed by atoms with Gasteiger partial charge in [-0.3, -0.25) is 4.90 Å². The summed E-state index contributed by atoms with van der Waals surface area (Å²) in [4.78, 5) is 9.94. The number of aromatic amines is 1. The summed E-state index contributed by atoms with van der Waals surface area (Å²) in [5.41, 5.74) is 3.07. The molecule has 0 aliphatic carbocycles. The van der Waals surface area contributed by atoms with E-state index in [1.54, 1.807) is 0 Å². The third kappa shape index (κ3) is 3.52. The van der Waals surface area contributed by atoms with E-state index in [1.165, 1.54) is 12.8 Å². The fourth-order valence-electron chi connectivity index (χ4n) is 4.08. The lowest BCUT2D eigenvalue weighted by atomic mass is 10.1. The number of ether oxygens (including phenoxy) is 1. The molecule has 6 heteroatoms. The fraction of sp³-hybridized carbons (Fsp3) is 0.261. The summed E-state index contributed by atoms with van der Waals surface area (Å²) in [5.74, 6) is 0.733. The maximum atomic E-state index is 10.4. The van der Waals surface area contributed by atoms with Gasteiger partial charge in [0.2, 0.25) is 6.29 Å². The monoisotopic (exact) mass is 389 g/mol. The summed E-state index contributed by atoms with van der Waals surface area (Å²) in [6.07, 6.45) is 1.52. The third-order valence-corrected chi connectivity index (χ3v) is 5.49. The molecule has 4 aromatic rings. The molecule has 0 spiro atoms. The number of aliphatic hydroxyl groups is 1. The number of nitrogens with zero attached hydrogens (tertiary/aromatic N) is 2. The molecular formula is C23H23N3O3. The van der Waals surface area contributed by atoms with Crippen LogP contribution in [0.2, 0.25) is 0 Å². The zero-order chi connectivity index (χ0) is 19.8. The topological polar surface area (TPSA) is 81.6 Å². The van der Waals surface area contributed by atoms with Gasteiger partial charge in [0, 0.05) is 16.3 Å². The SMILES string of the molecule is Oc1[nH]c2ccccc2c1-c1ccc2cc(OC(O)CN3CCCC3)ccc2n1. The zero-order valence-electron chi connectivity index (χ0n) is 16.0. The minimum Gasteiger partial charge on any atom is -0.494 e. The standard InChI is InChI=1S/C23H23N3O3/c27-21(14-26-11-3-4-12-26)29-16-8-10-18-15(13-16)7-9-20(24-18)22-17-5-1-2-6-19(17)25-23(22)28/h1-2,5-10,13,21,25,27-28H,3-4,11-12,14H2. The van der Waals surface area contributed by atoms with Crippen molar-refractivity contribution in [2.45, 2.75) is 19.1 Å². The molecule has 0 saturated carbocycles. The lowest BCUT2D eigenvalue weighted by molar-refractivity contribution is -0.0369. The zero-order valence-corrected chi connectivity index (χ0v) is 16.0. The van der Waals surface area contributed by atoms with Crippen LogP contribution in [-0.2, 0) is 0 Å². The summed E-state index contributed by atoms with van der Waals surface area (Å²) in [7, 11) is 0. The predicted molar refractivity (Wildman–Crippen MR) is 113 cm³/mol. The maximum absolute atomic E-state index is 10.4. The van der Waals surface area contributed by atoms with E-state index in [0.29, 0.717) is 23.6 Å². The van der Waals surface area contributed by atoms with Crippen molar-refractivity contribution in [3.8, 4) is 22.9 Å². The van der Waals surface area contributed by atoms with Crippen molar-refractivity contribution < 1.29 is 14.9 Å². The van der Waals surface area contributed by atoms with Crippen LogP contribution < -0.4 is 4.74 Å². The molecule has 1 fully saturated rings. The second kappa shape index (κ2) is 7.39. The molecule has 0 bridgehead atoms. The Morgan fingerprint density at radius 2 is 1.90 bits per heavy atom. The van der Waals surface area contributed by atoms with Gasteiger partial charge in [-0.15, -0.1) is 0 Å². The van der Waals surface area contributed by atoms with Crippen molar-refractivity contribution >= 4 is 21.8 Å². The number of rotatable bonds is 5. The number of pyridine rings is 1. The number of nitrogens with one attached hydrogen (secondary N) is 1. The number of hydrogen-bond acceptors (Lipinski definition) is 5. The minimum atomic E-state index is -0.846. The Morgan fingerprint density at radius 1 is 1.07 bits per heavy atom. The van der Waals surface area contributed by atoms with Crippen LogP contribution in [0.25, 0.3) is 33.1 Å². The Bertz CT molecular complexity index is 1160. The van der Waals surface area contributed by atoms with E-state index in [1.807, 2.05) is 54.6 Å². The lowest BCUT2D eigenvalue weighted by Crippen LogP contribution is -2.33. The van der Waals surface area contributed by atoms with Gasteiger partial charge in [0.25, 0.3) is 0 Å². The Morgan fingerprint density at radius 3 is 2.76 bits per heavy atom. The molecule has 0 amide bonds. The van der Waals surface area contributed by atoms with Crippen molar-refractivity contribution in [2.24, 2.45) is 0 Å². The molecule has 1 aliphatic heterocycles. The van der Waals surface area contributed by atoms with E-state index < -0.39 is 6.29 Å². The van der Waals surface area contributed by atoms with E-state index >= 15 is 0 Å². The Labute approximate surface area is 168 Å². The number of benzene rings is 2. The van der Waals surface area contributed by atoms with E-state index in [-0.39, 0.29) is 5.88 Å². The highest BCUT2D eigenvalue weighted by atomic mass is 16.6. The van der Waals surface area contributed by atoms with Gasteiger partial charge in [-0.25, -0.2) is 4.98 Å². The number of likely N-dealkylation sites (tertiary alicyclic amines) is 1. The van der Waals surface area contributed by atoms with Crippen LogP contribution in [-0.4, -0.2) is 51.0 Å². The number of fused-ring (bicyclic) bond motifs is 2. The summed E-state index contributed by atoms with van der Waals surface area (Å²) in [5, 5.41) is 22.4. The van der Waals surface area contributed by atoms with Crippen molar-refractivity contribution in [1.82, 2.24) is 14.9 Å². The van der Waals surface area contributed by atoms with Crippen LogP contribution in [0.4, 0.5) is 0 Å². The van der Waals surface area contributed by atoms with Crippen LogP contribution in [0.3, 0.4) is 0 Å². The second-order valence-corrected chi connectivity index (χ2v) is 7.53. The number of para-hydroxylation sites is 1. The van der Waals surface area contributed by atoms with E-state index in [4.69, 9.17) is 9.72 Å². The third-order valence-electron chi connectivity index (χ3n) is 5.49. The molecule has 3 N–H and O–H groups in total. The molecule has 2 aromatic heterocycles. The molecule has 0 radical (unpaired) electrons. The average Bonchev–Trinajstić information content (AvgIpc) is 3.34. The maximum Gasteiger partial charge on any atom is 0.210 e. The average molecular weight is 389 g/mol. The van der Waals surface area contributed by atoms with Crippen LogP contribution in [0.15, 0.2) is 54.6 Å². The first-order chi connectivity index (χ1) is 14.2. The highest BCUT2D eigenvalue weighted by molar-refractivity contribution is 5.99. The van der Waals surface area contributed by atoms with Gasteiger partial charge in [0.15, 0.2) is 5.88 Å². The summed E-state index contributed by atoms with van der Waals surface area (Å²) in [6, 6.07) is 17.2. The number of aliphatic hydroxyl groups excluding tert-OH is 1. The first-order valence-electron chi connectivity index (χ1n) is 9.95. The molecule has 29 heavy (non-hydrogen) atoms. The second-order valence-electron chi connectivity index (χ2n) is 7.53. The van der Waals surface area contributed by atoms with Gasteiger partial charge < -0.3 is 19.9 Å². The molecule has 1 unspecified atom stereocenters. The smallest absolute Gasteiger partial charge is 0.210 e. The highest BCUT2D eigenvalue weighted by Gasteiger charge is 2.17. The van der Waals surface area contributed by atoms with Gasteiger partial charge in [-0.05, 0) is 56.3 Å². The number of aromatic nitrogens is 2. The molecule has 1 atom stereocenters. The van der Waals surface area contributed by atoms with Gasteiger partial charge >= 0.3 is 0 Å². The van der Waals surface area contributed by atoms with Crippen molar-refractivity contribution in [3.63, 3.8) is 0 Å². The lowest BCUT2D eigenvalue weighted by Gasteiger charge is -2.20. The molecule has 1 aliphatic rings. The Balaban J connectivity index is 1.41. The first-order valence-corrected chi connectivity index (χ1v) is 9.95. The minimum absolute atomic E-state index is 0.114. The summed E-state index contributed by atoms with van der Waals surface area (Å²) >= 11 is 0. The van der Waals surface area contributed by atoms with Gasteiger partial charge in [-0.1, -0.05) is 24.3 Å². The molecule has 2 aromatic carbocycles. The van der Waals surface area contributed by atoms with Crippen molar-refractivity contribution in [2.75, 3.05) is 19.6 Å². The summed E-state index contributed by atoms with van der Waals surface area (Å²) < 4.78 is 5.70. The predicted octanol–water partition coefficient (Wildman–Crippen LogP) is 3.88. The quantitative estimate of drug-likeness (QED) is 0.451. The molecular weight excluding hydrogens is 366 g/mol. The molecule has 5 rings (SSSR count). The number of aromatic hydroxyl groups is 1.